The van der Waals surface area contributed by atoms with Gasteiger partial charge in [-0.15, -0.1) is 0 Å². The van der Waals surface area contributed by atoms with Crippen molar-refractivity contribution in [3.8, 4) is 5.75 Å². The molecule has 1 aromatic carbocycles. The summed E-state index contributed by atoms with van der Waals surface area (Å²) in [5.41, 5.74) is 0.251. The number of para-hydroxylation sites is 1. The molecule has 32 heavy (non-hydrogen) atoms. The van der Waals surface area contributed by atoms with Gasteiger partial charge in [-0.25, -0.2) is 4.79 Å². The second-order valence-corrected chi connectivity index (χ2v) is 9.37. The first kappa shape index (κ1) is 28.5. The van der Waals surface area contributed by atoms with Gasteiger partial charge in [-0.2, -0.15) is 0 Å². The first-order valence-corrected chi connectivity index (χ1v) is 13.7. The van der Waals surface area contributed by atoms with Crippen LogP contribution < -0.4 is 4.74 Å². The molecule has 0 saturated heterocycles. The zero-order valence-electron chi connectivity index (χ0n) is 20.9. The van der Waals surface area contributed by atoms with Gasteiger partial charge in [0, 0.05) is 0 Å². The summed E-state index contributed by atoms with van der Waals surface area (Å²) in [6, 6.07) is 6.88. The molecule has 3 nitrogen and oxygen atoms in total. The minimum atomic E-state index is -0.927. The zero-order valence-corrected chi connectivity index (χ0v) is 20.9. The Hall–Kier alpha value is -1.51. The smallest absolute Gasteiger partial charge is 0.339 e. The molecule has 0 heterocycles. The fraction of sp³-hybridized carbons (Fsp3) is 0.759. The van der Waals surface area contributed by atoms with Gasteiger partial charge < -0.3 is 9.84 Å². The van der Waals surface area contributed by atoms with Crippen molar-refractivity contribution in [1.29, 1.82) is 0 Å². The van der Waals surface area contributed by atoms with E-state index in [0.717, 1.165) is 12.8 Å². The Kier molecular flexibility index (Phi) is 19.0. The van der Waals surface area contributed by atoms with E-state index in [1.54, 1.807) is 18.2 Å². The van der Waals surface area contributed by atoms with Crippen molar-refractivity contribution in [2.45, 2.75) is 135 Å². The third-order valence-corrected chi connectivity index (χ3v) is 6.37. The van der Waals surface area contributed by atoms with Gasteiger partial charge in [-0.1, -0.05) is 141 Å². The molecule has 0 unspecified atom stereocenters. The molecular formula is C29H50O3. The number of carboxylic acids is 1. The molecule has 1 N–H and O–H groups in total. The van der Waals surface area contributed by atoms with E-state index in [-0.39, 0.29) is 5.56 Å². The van der Waals surface area contributed by atoms with Crippen LogP contribution in [0.1, 0.15) is 146 Å². The molecule has 0 fully saturated rings. The Morgan fingerprint density at radius 3 is 1.41 bits per heavy atom. The lowest BCUT2D eigenvalue weighted by Gasteiger charge is -2.08. The highest BCUT2D eigenvalue weighted by Gasteiger charge is 2.09. The number of aromatic carboxylic acids is 1. The monoisotopic (exact) mass is 446 g/mol. The normalized spacial score (nSPS) is 11.0. The average Bonchev–Trinajstić information content (AvgIpc) is 2.80. The van der Waals surface area contributed by atoms with Crippen molar-refractivity contribution in [3.05, 3.63) is 29.8 Å². The number of carboxylic acid groups (broad SMARTS) is 1. The molecule has 0 bridgehead atoms. The average molecular weight is 447 g/mol. The van der Waals surface area contributed by atoms with Crippen LogP contribution in [0.15, 0.2) is 24.3 Å². The number of benzene rings is 1. The molecule has 0 atom stereocenters. The van der Waals surface area contributed by atoms with E-state index in [9.17, 15) is 4.79 Å². The molecule has 1 aromatic rings. The Bertz CT molecular complexity index is 555. The summed E-state index contributed by atoms with van der Waals surface area (Å²) >= 11 is 0. The maximum Gasteiger partial charge on any atom is 0.339 e. The van der Waals surface area contributed by atoms with Gasteiger partial charge >= 0.3 is 5.97 Å². The molecule has 0 radical (unpaired) electrons. The highest BCUT2D eigenvalue weighted by Crippen LogP contribution is 2.19. The Morgan fingerprint density at radius 2 is 1.00 bits per heavy atom. The van der Waals surface area contributed by atoms with Crippen LogP contribution in [0.5, 0.6) is 5.75 Å². The van der Waals surface area contributed by atoms with Gasteiger partial charge in [0.05, 0.1) is 6.61 Å². The summed E-state index contributed by atoms with van der Waals surface area (Å²) in [6.45, 7) is 2.89. The van der Waals surface area contributed by atoms with Gasteiger partial charge in [0.25, 0.3) is 0 Å². The quantitative estimate of drug-likeness (QED) is 0.170. The van der Waals surface area contributed by atoms with E-state index in [1.165, 1.54) is 116 Å². The van der Waals surface area contributed by atoms with Gasteiger partial charge in [-0.05, 0) is 18.6 Å². The lowest BCUT2D eigenvalue weighted by Crippen LogP contribution is -2.04. The molecule has 0 spiro atoms. The van der Waals surface area contributed by atoms with Crippen molar-refractivity contribution in [2.24, 2.45) is 0 Å². The highest BCUT2D eigenvalue weighted by molar-refractivity contribution is 5.90. The SMILES string of the molecule is CCCCCCCCCCCCCCCCCCCCCCOc1ccccc1C(=O)O. The molecule has 0 aliphatic carbocycles. The molecule has 0 aliphatic heterocycles. The fourth-order valence-corrected chi connectivity index (χ4v) is 4.31. The Balaban J connectivity index is 1.77. The third kappa shape index (κ3) is 16.2. The number of hydrogen-bond donors (Lipinski definition) is 1. The molecular weight excluding hydrogens is 396 g/mol. The van der Waals surface area contributed by atoms with E-state index in [2.05, 4.69) is 6.92 Å². The lowest BCUT2D eigenvalue weighted by atomic mass is 10.0. The first-order valence-electron chi connectivity index (χ1n) is 13.7. The summed E-state index contributed by atoms with van der Waals surface area (Å²) in [7, 11) is 0. The lowest BCUT2D eigenvalue weighted by molar-refractivity contribution is 0.0692. The molecule has 0 amide bonds. The topological polar surface area (TPSA) is 46.5 Å². The molecule has 0 saturated carbocycles. The van der Waals surface area contributed by atoms with Crippen LogP contribution in [0, 0.1) is 0 Å². The van der Waals surface area contributed by atoms with Gasteiger partial charge in [0.2, 0.25) is 0 Å². The number of unbranched alkanes of at least 4 members (excludes halogenated alkanes) is 19. The number of ether oxygens (including phenoxy) is 1. The summed E-state index contributed by atoms with van der Waals surface area (Å²) in [4.78, 5) is 11.2. The third-order valence-electron chi connectivity index (χ3n) is 6.37. The van der Waals surface area contributed by atoms with E-state index >= 15 is 0 Å². The van der Waals surface area contributed by atoms with Crippen LogP contribution in [0.4, 0.5) is 0 Å². The standard InChI is InChI=1S/C29H50O3/c1-2-3-4-5-6-7-8-9-10-11-12-13-14-15-16-17-18-19-20-23-26-32-28-25-22-21-24-27(28)29(30)31/h21-22,24-25H,2-20,23,26H2,1H3,(H,30,31). The van der Waals surface area contributed by atoms with E-state index in [1.807, 2.05) is 6.07 Å². The number of hydrogen-bond acceptors (Lipinski definition) is 2. The van der Waals surface area contributed by atoms with Gasteiger partial charge in [-0.3, -0.25) is 0 Å². The van der Waals surface area contributed by atoms with Crippen molar-refractivity contribution in [2.75, 3.05) is 6.61 Å². The van der Waals surface area contributed by atoms with Crippen LogP contribution in [0.25, 0.3) is 0 Å². The van der Waals surface area contributed by atoms with Crippen molar-refractivity contribution < 1.29 is 14.6 Å². The summed E-state index contributed by atoms with van der Waals surface area (Å²) in [6.07, 6.45) is 27.5. The predicted molar refractivity (Wildman–Crippen MR) is 137 cm³/mol. The van der Waals surface area contributed by atoms with Crippen molar-refractivity contribution in [1.82, 2.24) is 0 Å². The second kappa shape index (κ2) is 21.3. The number of rotatable bonds is 23. The van der Waals surface area contributed by atoms with Crippen LogP contribution in [0.2, 0.25) is 0 Å². The molecule has 3 heteroatoms. The number of carbonyl (C=O) groups is 1. The van der Waals surface area contributed by atoms with Crippen LogP contribution in [0.3, 0.4) is 0 Å². The van der Waals surface area contributed by atoms with E-state index in [4.69, 9.17) is 9.84 Å². The van der Waals surface area contributed by atoms with Crippen molar-refractivity contribution in [3.63, 3.8) is 0 Å². The predicted octanol–water partition coefficient (Wildman–Crippen LogP) is 9.59. The van der Waals surface area contributed by atoms with Crippen LogP contribution in [-0.4, -0.2) is 17.7 Å². The molecule has 1 rings (SSSR count). The summed E-state index contributed by atoms with van der Waals surface area (Å²) in [5.74, 6) is -0.443. The van der Waals surface area contributed by atoms with Gasteiger partial charge in [0.1, 0.15) is 11.3 Å². The Labute approximate surface area is 198 Å². The fourth-order valence-electron chi connectivity index (χ4n) is 4.31. The zero-order chi connectivity index (χ0) is 23.1. The minimum Gasteiger partial charge on any atom is -0.493 e. The summed E-state index contributed by atoms with van der Waals surface area (Å²) in [5, 5.41) is 9.16. The molecule has 0 aliphatic rings. The molecule has 184 valence electrons. The van der Waals surface area contributed by atoms with Crippen molar-refractivity contribution >= 4 is 5.97 Å². The maximum absolute atomic E-state index is 11.2. The highest BCUT2D eigenvalue weighted by atomic mass is 16.5. The first-order chi connectivity index (χ1) is 15.8. The maximum atomic E-state index is 11.2. The largest absolute Gasteiger partial charge is 0.493 e. The Morgan fingerprint density at radius 1 is 0.625 bits per heavy atom. The van der Waals surface area contributed by atoms with Gasteiger partial charge in [0.15, 0.2) is 0 Å². The second-order valence-electron chi connectivity index (χ2n) is 9.37. The summed E-state index contributed by atoms with van der Waals surface area (Å²) < 4.78 is 5.65. The van der Waals surface area contributed by atoms with Crippen LogP contribution >= 0.6 is 0 Å². The minimum absolute atomic E-state index is 0.251. The molecule has 0 aromatic heterocycles. The van der Waals surface area contributed by atoms with E-state index in [0.29, 0.717) is 12.4 Å². The van der Waals surface area contributed by atoms with Crippen LogP contribution in [-0.2, 0) is 0 Å². The van der Waals surface area contributed by atoms with E-state index < -0.39 is 5.97 Å².